The Balaban J connectivity index is 2.06. The average Bonchev–Trinajstić information content (AvgIpc) is 2.43. The van der Waals surface area contributed by atoms with E-state index in [2.05, 4.69) is 0 Å². The zero-order valence-electron chi connectivity index (χ0n) is 10.3. The van der Waals surface area contributed by atoms with Crippen LogP contribution in [0.4, 0.5) is 0 Å². The van der Waals surface area contributed by atoms with Crippen LogP contribution in [0, 0.1) is 0 Å². The predicted octanol–water partition coefficient (Wildman–Crippen LogP) is 0.667. The summed E-state index contributed by atoms with van der Waals surface area (Å²) < 4.78 is 11.1. The van der Waals surface area contributed by atoms with Crippen molar-refractivity contribution < 1.29 is 19.4 Å². The van der Waals surface area contributed by atoms with Crippen LogP contribution in [-0.4, -0.2) is 48.3 Å². The lowest BCUT2D eigenvalue weighted by Crippen LogP contribution is -2.47. The summed E-state index contributed by atoms with van der Waals surface area (Å²) in [4.78, 5) is 13.7. The number of carbonyl (C=O) groups is 1. The predicted molar refractivity (Wildman–Crippen MR) is 65.7 cm³/mol. The van der Waals surface area contributed by atoms with Crippen molar-refractivity contribution in [1.29, 1.82) is 0 Å². The number of benzene rings is 1. The number of hydrogen-bond acceptors (Lipinski definition) is 4. The van der Waals surface area contributed by atoms with E-state index in [1.807, 2.05) is 19.1 Å². The highest BCUT2D eigenvalue weighted by atomic mass is 16.6. The van der Waals surface area contributed by atoms with Crippen molar-refractivity contribution in [3.05, 3.63) is 24.3 Å². The van der Waals surface area contributed by atoms with E-state index in [-0.39, 0.29) is 19.1 Å². The van der Waals surface area contributed by atoms with Gasteiger partial charge in [-0.1, -0.05) is 12.1 Å². The quantitative estimate of drug-likeness (QED) is 0.854. The Morgan fingerprint density at radius 1 is 1.44 bits per heavy atom. The lowest BCUT2D eigenvalue weighted by atomic mass is 10.2. The molecule has 0 fully saturated rings. The van der Waals surface area contributed by atoms with Crippen molar-refractivity contribution >= 4 is 5.91 Å². The highest BCUT2D eigenvalue weighted by molar-refractivity contribution is 5.82. The smallest absolute Gasteiger partial charge is 0.267 e. The van der Waals surface area contributed by atoms with Gasteiger partial charge in [0.15, 0.2) is 11.5 Å². The molecule has 0 spiro atoms. The fourth-order valence-corrected chi connectivity index (χ4v) is 1.89. The van der Waals surface area contributed by atoms with Crippen LogP contribution in [0.25, 0.3) is 0 Å². The Morgan fingerprint density at radius 2 is 2.17 bits per heavy atom. The van der Waals surface area contributed by atoms with Gasteiger partial charge in [0.1, 0.15) is 6.61 Å². The first kappa shape index (κ1) is 12.7. The second kappa shape index (κ2) is 5.73. The first-order chi connectivity index (χ1) is 8.76. The molecule has 0 saturated carbocycles. The van der Waals surface area contributed by atoms with Gasteiger partial charge in [-0.15, -0.1) is 0 Å². The molecular formula is C13H17NO4. The first-order valence-corrected chi connectivity index (χ1v) is 6.04. The number of likely N-dealkylation sites (N-methyl/N-ethyl adjacent to an activating group) is 1. The molecule has 0 aliphatic carbocycles. The molecule has 1 atom stereocenters. The molecule has 0 saturated heterocycles. The molecule has 1 aromatic rings. The number of para-hydroxylation sites is 2. The van der Waals surface area contributed by atoms with E-state index >= 15 is 0 Å². The van der Waals surface area contributed by atoms with Crippen LogP contribution in [0.1, 0.15) is 6.92 Å². The number of ether oxygens (including phenoxy) is 2. The Hall–Kier alpha value is -1.75. The van der Waals surface area contributed by atoms with E-state index in [0.29, 0.717) is 24.6 Å². The minimum Gasteiger partial charge on any atom is -0.485 e. The summed E-state index contributed by atoms with van der Waals surface area (Å²) in [6, 6.07) is 7.27. The summed E-state index contributed by atoms with van der Waals surface area (Å²) in [6.07, 6.45) is -0.633. The van der Waals surface area contributed by atoms with Crippen molar-refractivity contribution in [3.8, 4) is 11.5 Å². The number of hydrogen-bond donors (Lipinski definition) is 1. The van der Waals surface area contributed by atoms with Crippen molar-refractivity contribution in [3.63, 3.8) is 0 Å². The van der Waals surface area contributed by atoms with Crippen LogP contribution in [0.3, 0.4) is 0 Å². The van der Waals surface area contributed by atoms with Gasteiger partial charge in [0, 0.05) is 13.1 Å². The topological polar surface area (TPSA) is 59.0 Å². The highest BCUT2D eigenvalue weighted by Crippen LogP contribution is 2.31. The number of fused-ring (bicyclic) bond motifs is 1. The lowest BCUT2D eigenvalue weighted by molar-refractivity contribution is -0.141. The molecule has 0 bridgehead atoms. The van der Waals surface area contributed by atoms with E-state index in [9.17, 15) is 4.79 Å². The van der Waals surface area contributed by atoms with E-state index in [0.717, 1.165) is 0 Å². The number of carbonyl (C=O) groups excluding carboxylic acids is 1. The molecule has 5 heteroatoms. The van der Waals surface area contributed by atoms with E-state index in [1.165, 1.54) is 0 Å². The van der Waals surface area contributed by atoms with Gasteiger partial charge in [0.25, 0.3) is 5.91 Å². The van der Waals surface area contributed by atoms with Crippen molar-refractivity contribution in [1.82, 2.24) is 4.90 Å². The number of amides is 1. The number of nitrogens with zero attached hydrogens (tertiary/aromatic N) is 1. The molecular weight excluding hydrogens is 234 g/mol. The number of rotatable bonds is 4. The van der Waals surface area contributed by atoms with Gasteiger partial charge < -0.3 is 19.5 Å². The standard InChI is InChI=1S/C13H17NO4/c1-2-14(7-8-15)13(16)12-9-17-10-5-3-4-6-11(10)18-12/h3-6,12,15H,2,7-9H2,1H3. The first-order valence-electron chi connectivity index (χ1n) is 6.04. The molecule has 2 rings (SSSR count). The Labute approximate surface area is 106 Å². The molecule has 1 aliphatic heterocycles. The molecule has 1 aliphatic rings. The molecule has 18 heavy (non-hydrogen) atoms. The van der Waals surface area contributed by atoms with Crippen LogP contribution in [-0.2, 0) is 4.79 Å². The summed E-state index contributed by atoms with van der Waals surface area (Å²) in [5.41, 5.74) is 0. The third-order valence-corrected chi connectivity index (χ3v) is 2.85. The zero-order valence-corrected chi connectivity index (χ0v) is 10.3. The van der Waals surface area contributed by atoms with Gasteiger partial charge >= 0.3 is 0 Å². The molecule has 0 radical (unpaired) electrons. The van der Waals surface area contributed by atoms with Gasteiger partial charge in [-0.25, -0.2) is 0 Å². The van der Waals surface area contributed by atoms with Gasteiger partial charge in [-0.2, -0.15) is 0 Å². The molecule has 1 amide bonds. The lowest BCUT2D eigenvalue weighted by Gasteiger charge is -2.29. The fourth-order valence-electron chi connectivity index (χ4n) is 1.89. The minimum atomic E-state index is -0.633. The Bertz CT molecular complexity index is 421. The van der Waals surface area contributed by atoms with Crippen molar-refractivity contribution in [2.75, 3.05) is 26.3 Å². The second-order valence-electron chi connectivity index (χ2n) is 4.01. The monoisotopic (exact) mass is 251 g/mol. The summed E-state index contributed by atoms with van der Waals surface area (Å²) >= 11 is 0. The minimum absolute atomic E-state index is 0.0518. The van der Waals surface area contributed by atoms with Crippen LogP contribution >= 0.6 is 0 Å². The van der Waals surface area contributed by atoms with Gasteiger partial charge in [-0.3, -0.25) is 4.79 Å². The van der Waals surface area contributed by atoms with Crippen LogP contribution in [0.15, 0.2) is 24.3 Å². The summed E-state index contributed by atoms with van der Waals surface area (Å²) in [7, 11) is 0. The largest absolute Gasteiger partial charge is 0.485 e. The summed E-state index contributed by atoms with van der Waals surface area (Å²) in [6.45, 7) is 2.88. The molecule has 1 aromatic carbocycles. The fraction of sp³-hybridized carbons (Fsp3) is 0.462. The Kier molecular flexibility index (Phi) is 4.04. The SMILES string of the molecule is CCN(CCO)C(=O)C1COc2ccccc2O1. The van der Waals surface area contributed by atoms with Crippen LogP contribution < -0.4 is 9.47 Å². The summed E-state index contributed by atoms with van der Waals surface area (Å²) in [5, 5.41) is 8.91. The van der Waals surface area contributed by atoms with Crippen molar-refractivity contribution in [2.24, 2.45) is 0 Å². The van der Waals surface area contributed by atoms with E-state index in [4.69, 9.17) is 14.6 Å². The molecule has 1 heterocycles. The van der Waals surface area contributed by atoms with Crippen molar-refractivity contribution in [2.45, 2.75) is 13.0 Å². The number of aliphatic hydroxyl groups excluding tert-OH is 1. The molecule has 1 unspecified atom stereocenters. The average molecular weight is 251 g/mol. The van der Waals surface area contributed by atoms with E-state index in [1.54, 1.807) is 17.0 Å². The zero-order chi connectivity index (χ0) is 13.0. The molecule has 98 valence electrons. The van der Waals surface area contributed by atoms with Crippen LogP contribution in [0.2, 0.25) is 0 Å². The van der Waals surface area contributed by atoms with Gasteiger partial charge in [0.05, 0.1) is 6.61 Å². The Morgan fingerprint density at radius 3 is 2.83 bits per heavy atom. The molecule has 0 aromatic heterocycles. The maximum atomic E-state index is 12.1. The third kappa shape index (κ3) is 2.56. The normalized spacial score (nSPS) is 17.3. The van der Waals surface area contributed by atoms with Crippen LogP contribution in [0.5, 0.6) is 11.5 Å². The second-order valence-corrected chi connectivity index (χ2v) is 4.01. The summed E-state index contributed by atoms with van der Waals surface area (Å²) in [5.74, 6) is 1.09. The maximum absolute atomic E-state index is 12.1. The van der Waals surface area contributed by atoms with Gasteiger partial charge in [0.2, 0.25) is 6.10 Å². The number of aliphatic hydroxyl groups is 1. The maximum Gasteiger partial charge on any atom is 0.267 e. The van der Waals surface area contributed by atoms with Gasteiger partial charge in [-0.05, 0) is 19.1 Å². The molecule has 1 N–H and O–H groups in total. The highest BCUT2D eigenvalue weighted by Gasteiger charge is 2.30. The molecule has 5 nitrogen and oxygen atoms in total. The van der Waals surface area contributed by atoms with E-state index < -0.39 is 6.10 Å². The third-order valence-electron chi connectivity index (χ3n) is 2.85.